The lowest BCUT2D eigenvalue weighted by atomic mass is 10.3. The number of aliphatic hydroxyl groups is 3. The molecule has 0 aliphatic heterocycles. The summed E-state index contributed by atoms with van der Waals surface area (Å²) in [5, 5.41) is 32.5. The Morgan fingerprint density at radius 1 is 1.23 bits per heavy atom. The van der Waals surface area contributed by atoms with Crippen molar-refractivity contribution in [2.45, 2.75) is 45.5 Å². The van der Waals surface area contributed by atoms with E-state index in [0.717, 1.165) is 6.42 Å². The molecule has 4 N–H and O–H groups in total. The van der Waals surface area contributed by atoms with Crippen molar-refractivity contribution in [2.75, 3.05) is 0 Å². The van der Waals surface area contributed by atoms with Gasteiger partial charge in [-0.15, -0.1) is 0 Å². The molecule has 80 valence electrons. The van der Waals surface area contributed by atoms with E-state index in [9.17, 15) is 4.79 Å². The molecule has 0 saturated heterocycles. The summed E-state index contributed by atoms with van der Waals surface area (Å²) in [4.78, 5) is 9.68. The molecule has 0 radical (unpaired) electrons. The maximum absolute atomic E-state index is 9.68. The lowest BCUT2D eigenvalue weighted by molar-refractivity contribution is -0.146. The van der Waals surface area contributed by atoms with Gasteiger partial charge in [-0.2, -0.15) is 0 Å². The Kier molecular flexibility index (Phi) is 10.8. The molecule has 0 aliphatic carbocycles. The molecule has 0 amide bonds. The number of carbonyl (C=O) groups is 1. The Labute approximate surface area is 77.6 Å². The number of hydrogen-bond donors (Lipinski definition) is 4. The number of aliphatic hydroxyl groups excluding tert-OH is 2. The molecule has 0 spiro atoms. The third kappa shape index (κ3) is 14.2. The fourth-order valence-electron chi connectivity index (χ4n) is 0.433. The molecule has 1 atom stereocenters. The average molecular weight is 194 g/mol. The fourth-order valence-corrected chi connectivity index (χ4v) is 0.433. The maximum atomic E-state index is 9.68. The summed E-state index contributed by atoms with van der Waals surface area (Å²) in [6.45, 7) is 3.51. The molecule has 0 aromatic rings. The van der Waals surface area contributed by atoms with Gasteiger partial charge in [0.15, 0.2) is 12.4 Å². The van der Waals surface area contributed by atoms with Gasteiger partial charge in [0.1, 0.15) is 0 Å². The van der Waals surface area contributed by atoms with Crippen LogP contribution in [0.1, 0.15) is 33.1 Å². The second-order valence-electron chi connectivity index (χ2n) is 2.53. The van der Waals surface area contributed by atoms with Gasteiger partial charge in [-0.1, -0.05) is 20.3 Å². The molecule has 0 aromatic heterocycles. The smallest absolute Gasteiger partial charge is 0.332 e. The number of rotatable bonds is 4. The van der Waals surface area contributed by atoms with Gasteiger partial charge < -0.3 is 20.4 Å². The summed E-state index contributed by atoms with van der Waals surface area (Å²) in [5.41, 5.74) is 0. The van der Waals surface area contributed by atoms with Crippen LogP contribution in [0.4, 0.5) is 0 Å². The van der Waals surface area contributed by atoms with Crippen molar-refractivity contribution >= 4 is 5.97 Å². The number of carboxylic acids is 1. The highest BCUT2D eigenvalue weighted by atomic mass is 16.5. The molecule has 1 unspecified atom stereocenters. The van der Waals surface area contributed by atoms with Crippen molar-refractivity contribution in [3.63, 3.8) is 0 Å². The third-order valence-electron chi connectivity index (χ3n) is 1.22. The van der Waals surface area contributed by atoms with Crippen LogP contribution in [-0.4, -0.2) is 38.8 Å². The number of aliphatic carboxylic acids is 1. The fraction of sp³-hybridized carbons (Fsp3) is 0.875. The van der Waals surface area contributed by atoms with E-state index in [1.54, 1.807) is 6.92 Å². The van der Waals surface area contributed by atoms with Crippen molar-refractivity contribution < 1.29 is 25.2 Å². The van der Waals surface area contributed by atoms with E-state index < -0.39 is 18.4 Å². The van der Waals surface area contributed by atoms with Crippen LogP contribution in [0.3, 0.4) is 0 Å². The van der Waals surface area contributed by atoms with E-state index in [1.807, 2.05) is 6.92 Å². The molecule has 0 saturated carbocycles. The summed E-state index contributed by atoms with van der Waals surface area (Å²) in [6, 6.07) is 0. The van der Waals surface area contributed by atoms with Crippen LogP contribution >= 0.6 is 0 Å². The summed E-state index contributed by atoms with van der Waals surface area (Å²) < 4.78 is 0. The van der Waals surface area contributed by atoms with Crippen LogP contribution in [0.2, 0.25) is 0 Å². The highest BCUT2D eigenvalue weighted by Crippen LogP contribution is 1.88. The molecule has 0 aromatic carbocycles. The lowest BCUT2D eigenvalue weighted by Gasteiger charge is -1.95. The number of carboxylic acid groups (broad SMARTS) is 1. The van der Waals surface area contributed by atoms with E-state index in [2.05, 4.69) is 0 Å². The zero-order valence-electron chi connectivity index (χ0n) is 7.97. The molecule has 0 heterocycles. The monoisotopic (exact) mass is 194 g/mol. The van der Waals surface area contributed by atoms with Crippen LogP contribution in [0.25, 0.3) is 0 Å². The molecule has 0 aliphatic rings. The average Bonchev–Trinajstić information content (AvgIpc) is 2.03. The van der Waals surface area contributed by atoms with E-state index >= 15 is 0 Å². The predicted octanol–water partition coefficient (Wildman–Crippen LogP) is -0.0609. The number of hydrogen-bond acceptors (Lipinski definition) is 4. The predicted molar refractivity (Wildman–Crippen MR) is 47.1 cm³/mol. The summed E-state index contributed by atoms with van der Waals surface area (Å²) in [7, 11) is 0. The van der Waals surface area contributed by atoms with Crippen molar-refractivity contribution in [3.05, 3.63) is 0 Å². The van der Waals surface area contributed by atoms with Gasteiger partial charge >= 0.3 is 5.97 Å². The van der Waals surface area contributed by atoms with Gasteiger partial charge in [-0.05, 0) is 12.8 Å². The van der Waals surface area contributed by atoms with Crippen molar-refractivity contribution in [2.24, 2.45) is 0 Å². The van der Waals surface area contributed by atoms with Gasteiger partial charge in [0.25, 0.3) is 0 Å². The zero-order valence-corrected chi connectivity index (χ0v) is 7.97. The first-order valence-electron chi connectivity index (χ1n) is 4.22. The van der Waals surface area contributed by atoms with Gasteiger partial charge in [0, 0.05) is 0 Å². The first kappa shape index (κ1) is 14.9. The Balaban J connectivity index is 0. The van der Waals surface area contributed by atoms with Gasteiger partial charge in [-0.25, -0.2) is 4.79 Å². The SMILES string of the molecule is CCC(O)C(=O)O.CCCC(O)O. The highest BCUT2D eigenvalue weighted by Gasteiger charge is 2.07. The second kappa shape index (κ2) is 9.44. The molecular weight excluding hydrogens is 176 g/mol. The first-order chi connectivity index (χ1) is 5.95. The summed E-state index contributed by atoms with van der Waals surface area (Å²) in [5.74, 6) is -1.15. The van der Waals surface area contributed by atoms with Gasteiger partial charge in [0.05, 0.1) is 0 Å². The maximum Gasteiger partial charge on any atom is 0.332 e. The topological polar surface area (TPSA) is 98.0 Å². The first-order valence-corrected chi connectivity index (χ1v) is 4.22. The second-order valence-corrected chi connectivity index (χ2v) is 2.53. The van der Waals surface area contributed by atoms with Crippen molar-refractivity contribution in [1.29, 1.82) is 0 Å². The van der Waals surface area contributed by atoms with Crippen LogP contribution < -0.4 is 0 Å². The van der Waals surface area contributed by atoms with Crippen LogP contribution in [0.15, 0.2) is 0 Å². The molecule has 0 bridgehead atoms. The van der Waals surface area contributed by atoms with Gasteiger partial charge in [-0.3, -0.25) is 0 Å². The summed E-state index contributed by atoms with van der Waals surface area (Å²) >= 11 is 0. The summed E-state index contributed by atoms with van der Waals surface area (Å²) in [6.07, 6.45) is -0.692. The van der Waals surface area contributed by atoms with E-state index in [1.165, 1.54) is 0 Å². The minimum Gasteiger partial charge on any atom is -0.479 e. The molecule has 13 heavy (non-hydrogen) atoms. The van der Waals surface area contributed by atoms with Gasteiger partial charge in [0.2, 0.25) is 0 Å². The molecule has 0 rings (SSSR count). The van der Waals surface area contributed by atoms with E-state index in [-0.39, 0.29) is 6.42 Å². The molecule has 5 nitrogen and oxygen atoms in total. The minimum atomic E-state index is -1.18. The Morgan fingerprint density at radius 2 is 1.69 bits per heavy atom. The van der Waals surface area contributed by atoms with E-state index in [0.29, 0.717) is 6.42 Å². The Hall–Kier alpha value is -0.650. The molecule has 0 fully saturated rings. The van der Waals surface area contributed by atoms with Crippen LogP contribution in [-0.2, 0) is 4.79 Å². The zero-order chi connectivity index (χ0) is 10.9. The third-order valence-corrected chi connectivity index (χ3v) is 1.22. The minimum absolute atomic E-state index is 0.273. The normalized spacial score (nSPS) is 11.8. The van der Waals surface area contributed by atoms with Crippen molar-refractivity contribution in [3.8, 4) is 0 Å². The van der Waals surface area contributed by atoms with Crippen molar-refractivity contribution in [1.82, 2.24) is 0 Å². The Bertz CT molecular complexity index is 124. The Morgan fingerprint density at radius 3 is 1.69 bits per heavy atom. The highest BCUT2D eigenvalue weighted by molar-refractivity contribution is 5.71. The molecule has 5 heteroatoms. The molecular formula is C8H18O5. The van der Waals surface area contributed by atoms with Crippen LogP contribution in [0.5, 0.6) is 0 Å². The quantitative estimate of drug-likeness (QED) is 0.470. The lowest BCUT2D eigenvalue weighted by Crippen LogP contribution is -2.17. The van der Waals surface area contributed by atoms with Crippen LogP contribution in [0, 0.1) is 0 Å². The largest absolute Gasteiger partial charge is 0.479 e. The van der Waals surface area contributed by atoms with E-state index in [4.69, 9.17) is 20.4 Å². The standard InChI is InChI=1S/C4H8O3.C4H10O2/c1-2-3(5)4(6)7;1-2-3-4(5)6/h3,5H,2H2,1H3,(H,6,7);4-6H,2-3H2,1H3.